The molecule has 0 aliphatic carbocycles. The van der Waals surface area contributed by atoms with Crippen LogP contribution in [-0.4, -0.2) is 12.6 Å². The molecule has 1 aliphatic heterocycles. The highest BCUT2D eigenvalue weighted by Crippen LogP contribution is 2.20. The average Bonchev–Trinajstić information content (AvgIpc) is 1.93. The van der Waals surface area contributed by atoms with Crippen molar-refractivity contribution in [1.82, 2.24) is 5.32 Å². The van der Waals surface area contributed by atoms with Crippen LogP contribution in [0.4, 0.5) is 0 Å². The third-order valence-corrected chi connectivity index (χ3v) is 2.57. The fraction of sp³-hybridized carbons (Fsp3) is 1.00. The van der Waals surface area contributed by atoms with E-state index in [1.807, 2.05) is 0 Å². The van der Waals surface area contributed by atoms with Crippen molar-refractivity contribution in [2.24, 2.45) is 11.8 Å². The number of rotatable bonds is 2. The summed E-state index contributed by atoms with van der Waals surface area (Å²) >= 11 is 0. The summed E-state index contributed by atoms with van der Waals surface area (Å²) in [6, 6.07) is 0.762. The minimum absolute atomic E-state index is 0.762. The van der Waals surface area contributed by atoms with Crippen LogP contribution in [0.5, 0.6) is 0 Å². The molecule has 1 nitrogen and oxygen atoms in total. The van der Waals surface area contributed by atoms with Gasteiger partial charge in [0.2, 0.25) is 0 Å². The van der Waals surface area contributed by atoms with Crippen molar-refractivity contribution >= 4 is 0 Å². The predicted octanol–water partition coefficient (Wildman–Crippen LogP) is 2.42. The number of nitrogens with one attached hydrogen (secondary N) is 1. The van der Waals surface area contributed by atoms with Crippen molar-refractivity contribution in [2.75, 3.05) is 6.54 Å². The Morgan fingerprint density at radius 2 is 2.09 bits per heavy atom. The van der Waals surface area contributed by atoms with Crippen molar-refractivity contribution in [1.29, 1.82) is 0 Å². The minimum atomic E-state index is 0.762. The first-order chi connectivity index (χ1) is 5.18. The quantitative estimate of drug-likeness (QED) is 0.645. The number of piperidine rings is 1. The highest BCUT2D eigenvalue weighted by molar-refractivity contribution is 4.75. The highest BCUT2D eigenvalue weighted by atomic mass is 14.9. The largest absolute Gasteiger partial charge is 0.314 e. The molecule has 2 atom stereocenters. The topological polar surface area (TPSA) is 12.0 Å². The second-order valence-electron chi connectivity index (χ2n) is 4.38. The first kappa shape index (κ1) is 9.05. The van der Waals surface area contributed by atoms with E-state index in [9.17, 15) is 0 Å². The van der Waals surface area contributed by atoms with Gasteiger partial charge in [0.15, 0.2) is 0 Å². The van der Waals surface area contributed by atoms with Crippen molar-refractivity contribution in [2.45, 2.75) is 46.1 Å². The Morgan fingerprint density at radius 3 is 2.55 bits per heavy atom. The van der Waals surface area contributed by atoms with Gasteiger partial charge >= 0.3 is 0 Å². The van der Waals surface area contributed by atoms with E-state index in [2.05, 4.69) is 26.1 Å². The van der Waals surface area contributed by atoms with Crippen molar-refractivity contribution in [3.63, 3.8) is 0 Å². The zero-order chi connectivity index (χ0) is 8.27. The molecule has 0 saturated carbocycles. The van der Waals surface area contributed by atoms with Gasteiger partial charge in [0, 0.05) is 6.04 Å². The number of hydrogen-bond donors (Lipinski definition) is 1. The molecule has 0 amide bonds. The van der Waals surface area contributed by atoms with E-state index in [1.165, 1.54) is 25.8 Å². The van der Waals surface area contributed by atoms with Crippen molar-refractivity contribution < 1.29 is 0 Å². The highest BCUT2D eigenvalue weighted by Gasteiger charge is 2.17. The third kappa shape index (κ3) is 3.24. The smallest absolute Gasteiger partial charge is 0.00389 e. The van der Waals surface area contributed by atoms with E-state index < -0.39 is 0 Å². The molecule has 1 fully saturated rings. The molecule has 0 spiro atoms. The molecule has 0 bridgehead atoms. The van der Waals surface area contributed by atoms with Crippen LogP contribution < -0.4 is 5.32 Å². The van der Waals surface area contributed by atoms with E-state index in [4.69, 9.17) is 0 Å². The van der Waals surface area contributed by atoms with Crippen molar-refractivity contribution in [3.8, 4) is 0 Å². The lowest BCUT2D eigenvalue weighted by Gasteiger charge is -2.28. The molecule has 0 radical (unpaired) electrons. The summed E-state index contributed by atoms with van der Waals surface area (Å²) in [7, 11) is 0. The average molecular weight is 155 g/mol. The molecule has 1 rings (SSSR count). The lowest BCUT2D eigenvalue weighted by atomic mass is 9.88. The molecule has 1 heteroatoms. The molecule has 2 unspecified atom stereocenters. The minimum Gasteiger partial charge on any atom is -0.314 e. The molecule has 0 aromatic heterocycles. The number of hydrogen-bond acceptors (Lipinski definition) is 1. The van der Waals surface area contributed by atoms with Gasteiger partial charge in [-0.15, -0.1) is 0 Å². The maximum atomic E-state index is 3.54. The van der Waals surface area contributed by atoms with Gasteiger partial charge in [0.25, 0.3) is 0 Å². The Balaban J connectivity index is 2.17. The Kier molecular flexibility index (Phi) is 3.38. The second kappa shape index (κ2) is 4.10. The Hall–Kier alpha value is -0.0400. The zero-order valence-electron chi connectivity index (χ0n) is 8.06. The zero-order valence-corrected chi connectivity index (χ0v) is 8.06. The normalized spacial score (nSPS) is 32.7. The summed E-state index contributed by atoms with van der Waals surface area (Å²) < 4.78 is 0. The van der Waals surface area contributed by atoms with Gasteiger partial charge < -0.3 is 5.32 Å². The second-order valence-corrected chi connectivity index (χ2v) is 4.38. The Bertz CT molecular complexity index is 101. The van der Waals surface area contributed by atoms with Crippen LogP contribution in [0.25, 0.3) is 0 Å². The van der Waals surface area contributed by atoms with E-state index in [0.717, 1.165) is 17.9 Å². The third-order valence-electron chi connectivity index (χ3n) is 2.57. The SMILES string of the molecule is CC(C)CC1CCC(C)NC1. The van der Waals surface area contributed by atoms with Crippen molar-refractivity contribution in [3.05, 3.63) is 0 Å². The Labute approximate surface area is 70.6 Å². The standard InChI is InChI=1S/C10H21N/c1-8(2)6-10-5-4-9(3)11-7-10/h8-11H,4-7H2,1-3H3. The van der Waals surface area contributed by atoms with Gasteiger partial charge in [0.1, 0.15) is 0 Å². The summed E-state index contributed by atoms with van der Waals surface area (Å²) in [6.07, 6.45) is 4.21. The van der Waals surface area contributed by atoms with Gasteiger partial charge in [-0.1, -0.05) is 13.8 Å². The van der Waals surface area contributed by atoms with Gasteiger partial charge in [-0.25, -0.2) is 0 Å². The van der Waals surface area contributed by atoms with E-state index >= 15 is 0 Å². The Morgan fingerprint density at radius 1 is 1.36 bits per heavy atom. The maximum Gasteiger partial charge on any atom is 0.00389 e. The molecule has 1 heterocycles. The predicted molar refractivity (Wildman–Crippen MR) is 49.6 cm³/mol. The summed E-state index contributed by atoms with van der Waals surface area (Å²) in [5.74, 6) is 1.82. The first-order valence-electron chi connectivity index (χ1n) is 4.92. The molecule has 0 aromatic rings. The van der Waals surface area contributed by atoms with Crippen LogP contribution in [0, 0.1) is 11.8 Å². The van der Waals surface area contributed by atoms with Crippen LogP contribution in [0.3, 0.4) is 0 Å². The molecular weight excluding hydrogens is 134 g/mol. The van der Waals surface area contributed by atoms with Crippen LogP contribution in [0.2, 0.25) is 0 Å². The lowest BCUT2D eigenvalue weighted by Crippen LogP contribution is -2.37. The molecule has 1 saturated heterocycles. The summed E-state index contributed by atoms with van der Waals surface area (Å²) in [6.45, 7) is 8.17. The monoisotopic (exact) mass is 155 g/mol. The molecule has 1 aliphatic rings. The van der Waals surface area contributed by atoms with Gasteiger partial charge in [-0.05, 0) is 44.6 Å². The van der Waals surface area contributed by atoms with E-state index in [1.54, 1.807) is 0 Å². The maximum absolute atomic E-state index is 3.54. The van der Waals surface area contributed by atoms with Crippen LogP contribution >= 0.6 is 0 Å². The van der Waals surface area contributed by atoms with Gasteiger partial charge in [-0.3, -0.25) is 0 Å². The summed E-state index contributed by atoms with van der Waals surface area (Å²) in [5.41, 5.74) is 0. The molecule has 11 heavy (non-hydrogen) atoms. The fourth-order valence-corrected chi connectivity index (χ4v) is 1.93. The van der Waals surface area contributed by atoms with Crippen LogP contribution in [0.15, 0.2) is 0 Å². The lowest BCUT2D eigenvalue weighted by molar-refractivity contribution is 0.284. The fourth-order valence-electron chi connectivity index (χ4n) is 1.93. The van der Waals surface area contributed by atoms with Crippen LogP contribution in [-0.2, 0) is 0 Å². The molecular formula is C10H21N. The summed E-state index contributed by atoms with van der Waals surface area (Å²) in [5, 5.41) is 3.54. The molecule has 0 aromatic carbocycles. The molecule has 1 N–H and O–H groups in total. The van der Waals surface area contributed by atoms with Gasteiger partial charge in [0.05, 0.1) is 0 Å². The van der Waals surface area contributed by atoms with E-state index in [-0.39, 0.29) is 0 Å². The summed E-state index contributed by atoms with van der Waals surface area (Å²) in [4.78, 5) is 0. The first-order valence-corrected chi connectivity index (χ1v) is 4.92. The van der Waals surface area contributed by atoms with Crippen LogP contribution in [0.1, 0.15) is 40.0 Å². The van der Waals surface area contributed by atoms with Gasteiger partial charge in [-0.2, -0.15) is 0 Å². The molecule has 66 valence electrons. The van der Waals surface area contributed by atoms with E-state index in [0.29, 0.717) is 0 Å².